The van der Waals surface area contributed by atoms with E-state index in [1.807, 2.05) is 24.3 Å². The fourth-order valence-corrected chi connectivity index (χ4v) is 3.03. The lowest BCUT2D eigenvalue weighted by molar-refractivity contribution is -0.149. The van der Waals surface area contributed by atoms with Gasteiger partial charge in [0.2, 0.25) is 11.8 Å². The molecule has 1 aromatic carbocycles. The Bertz CT molecular complexity index is 461. The number of nitrogens with zero attached hydrogens (tertiary/aromatic N) is 1. The fraction of sp³-hybridized carbons (Fsp3) is 0.385. The average Bonchev–Trinajstić information content (AvgIpc) is 2.37. The van der Waals surface area contributed by atoms with E-state index in [1.165, 1.54) is 4.90 Å². The van der Waals surface area contributed by atoms with Crippen LogP contribution in [-0.2, 0) is 9.59 Å². The number of amides is 2. The molecule has 5 heteroatoms. The number of carbonyl (C=O) groups is 2. The summed E-state index contributed by atoms with van der Waals surface area (Å²) >= 11 is 7.44. The number of likely N-dealkylation sites (tertiary alicyclic amines) is 1. The van der Waals surface area contributed by atoms with Crippen LogP contribution in [0.1, 0.15) is 12.8 Å². The van der Waals surface area contributed by atoms with Crippen LogP contribution < -0.4 is 0 Å². The SMILES string of the molecule is CN1C(=O)CCC(CSc2ccc(Cl)cc2)C1=O. The summed E-state index contributed by atoms with van der Waals surface area (Å²) in [5, 5.41) is 0.707. The molecule has 0 bridgehead atoms. The molecule has 0 spiro atoms. The highest BCUT2D eigenvalue weighted by Gasteiger charge is 2.31. The van der Waals surface area contributed by atoms with Gasteiger partial charge in [0.05, 0.1) is 0 Å². The van der Waals surface area contributed by atoms with Gasteiger partial charge >= 0.3 is 0 Å². The highest BCUT2D eigenvalue weighted by molar-refractivity contribution is 7.99. The predicted octanol–water partition coefficient (Wildman–Crippen LogP) is 2.83. The number of imide groups is 1. The van der Waals surface area contributed by atoms with Crippen molar-refractivity contribution in [2.45, 2.75) is 17.7 Å². The van der Waals surface area contributed by atoms with Crippen LogP contribution in [0.25, 0.3) is 0 Å². The Morgan fingerprint density at radius 2 is 2.00 bits per heavy atom. The summed E-state index contributed by atoms with van der Waals surface area (Å²) in [6.45, 7) is 0. The van der Waals surface area contributed by atoms with Gasteiger partial charge in [0.25, 0.3) is 0 Å². The van der Waals surface area contributed by atoms with E-state index in [1.54, 1.807) is 18.8 Å². The second kappa shape index (κ2) is 5.76. The van der Waals surface area contributed by atoms with Crippen molar-refractivity contribution in [3.05, 3.63) is 29.3 Å². The first-order valence-electron chi connectivity index (χ1n) is 5.76. The van der Waals surface area contributed by atoms with Crippen molar-refractivity contribution >= 4 is 35.2 Å². The van der Waals surface area contributed by atoms with E-state index in [9.17, 15) is 9.59 Å². The molecule has 0 radical (unpaired) electrons. The zero-order valence-corrected chi connectivity index (χ0v) is 11.6. The van der Waals surface area contributed by atoms with E-state index < -0.39 is 0 Å². The molecule has 18 heavy (non-hydrogen) atoms. The number of piperidine rings is 1. The van der Waals surface area contributed by atoms with Crippen molar-refractivity contribution in [2.24, 2.45) is 5.92 Å². The number of rotatable bonds is 3. The Hall–Kier alpha value is -1.00. The van der Waals surface area contributed by atoms with Crippen LogP contribution in [0, 0.1) is 5.92 Å². The van der Waals surface area contributed by atoms with Crippen molar-refractivity contribution in [3.63, 3.8) is 0 Å². The van der Waals surface area contributed by atoms with Gasteiger partial charge in [0, 0.05) is 35.1 Å². The molecule has 0 N–H and O–H groups in total. The summed E-state index contributed by atoms with van der Waals surface area (Å²) in [4.78, 5) is 25.6. The van der Waals surface area contributed by atoms with E-state index in [4.69, 9.17) is 11.6 Å². The van der Waals surface area contributed by atoms with Crippen LogP contribution in [0.2, 0.25) is 5.02 Å². The van der Waals surface area contributed by atoms with Gasteiger partial charge in [-0.05, 0) is 30.7 Å². The third kappa shape index (κ3) is 3.06. The summed E-state index contributed by atoms with van der Waals surface area (Å²) < 4.78 is 0. The van der Waals surface area contributed by atoms with Crippen LogP contribution in [0.4, 0.5) is 0 Å². The Morgan fingerprint density at radius 1 is 1.33 bits per heavy atom. The lowest BCUT2D eigenvalue weighted by atomic mass is 9.99. The maximum absolute atomic E-state index is 11.9. The van der Waals surface area contributed by atoms with Gasteiger partial charge in [-0.2, -0.15) is 0 Å². The minimum absolute atomic E-state index is 0.0617. The first-order chi connectivity index (χ1) is 8.58. The van der Waals surface area contributed by atoms with Crippen LogP contribution in [0.15, 0.2) is 29.2 Å². The quantitative estimate of drug-likeness (QED) is 0.632. The van der Waals surface area contributed by atoms with Gasteiger partial charge in [0.1, 0.15) is 0 Å². The van der Waals surface area contributed by atoms with Crippen LogP contribution in [0.3, 0.4) is 0 Å². The topological polar surface area (TPSA) is 37.4 Å². The van der Waals surface area contributed by atoms with Crippen LogP contribution >= 0.6 is 23.4 Å². The minimum atomic E-state index is -0.0762. The van der Waals surface area contributed by atoms with Crippen molar-refractivity contribution in [2.75, 3.05) is 12.8 Å². The number of carbonyl (C=O) groups excluding carboxylic acids is 2. The fourth-order valence-electron chi connectivity index (χ4n) is 1.87. The molecule has 1 saturated heterocycles. The molecule has 1 aliphatic rings. The molecular formula is C13H14ClNO2S. The smallest absolute Gasteiger partial charge is 0.232 e. The Kier molecular flexibility index (Phi) is 4.30. The molecule has 0 aromatic heterocycles. The Morgan fingerprint density at radius 3 is 2.67 bits per heavy atom. The van der Waals surface area contributed by atoms with E-state index in [2.05, 4.69) is 0 Å². The number of halogens is 1. The molecule has 1 heterocycles. The third-order valence-corrected chi connectivity index (χ3v) is 4.45. The number of benzene rings is 1. The molecule has 1 aromatic rings. The van der Waals surface area contributed by atoms with Gasteiger partial charge in [-0.25, -0.2) is 0 Å². The monoisotopic (exact) mass is 283 g/mol. The van der Waals surface area contributed by atoms with E-state index in [0.29, 0.717) is 23.6 Å². The lowest BCUT2D eigenvalue weighted by Gasteiger charge is -2.27. The van der Waals surface area contributed by atoms with Crippen molar-refractivity contribution in [3.8, 4) is 0 Å². The highest BCUT2D eigenvalue weighted by atomic mass is 35.5. The van der Waals surface area contributed by atoms with Crippen LogP contribution in [-0.4, -0.2) is 29.5 Å². The molecule has 3 nitrogen and oxygen atoms in total. The van der Waals surface area contributed by atoms with Gasteiger partial charge in [-0.15, -0.1) is 11.8 Å². The average molecular weight is 284 g/mol. The van der Waals surface area contributed by atoms with Crippen molar-refractivity contribution in [1.29, 1.82) is 0 Å². The molecule has 0 saturated carbocycles. The Balaban J connectivity index is 1.92. The van der Waals surface area contributed by atoms with Crippen molar-refractivity contribution in [1.82, 2.24) is 4.90 Å². The molecular weight excluding hydrogens is 270 g/mol. The molecule has 96 valence electrons. The van der Waals surface area contributed by atoms with Gasteiger partial charge < -0.3 is 0 Å². The van der Waals surface area contributed by atoms with Crippen LogP contribution in [0.5, 0.6) is 0 Å². The molecule has 0 aliphatic carbocycles. The third-order valence-electron chi connectivity index (χ3n) is 3.03. The first-order valence-corrected chi connectivity index (χ1v) is 7.13. The highest BCUT2D eigenvalue weighted by Crippen LogP contribution is 2.27. The standard InChI is InChI=1S/C13H14ClNO2S/c1-15-12(16)7-2-9(13(15)17)8-18-11-5-3-10(14)4-6-11/h3-6,9H,2,7-8H2,1H3. The number of hydrogen-bond donors (Lipinski definition) is 0. The molecule has 1 atom stereocenters. The predicted molar refractivity (Wildman–Crippen MR) is 72.7 cm³/mol. The largest absolute Gasteiger partial charge is 0.286 e. The first kappa shape index (κ1) is 13.4. The second-order valence-electron chi connectivity index (χ2n) is 4.29. The number of hydrogen-bond acceptors (Lipinski definition) is 3. The maximum atomic E-state index is 11.9. The van der Waals surface area contributed by atoms with Crippen molar-refractivity contribution < 1.29 is 9.59 Å². The van der Waals surface area contributed by atoms with Gasteiger partial charge in [0.15, 0.2) is 0 Å². The van der Waals surface area contributed by atoms with Gasteiger partial charge in [-0.1, -0.05) is 11.6 Å². The molecule has 2 rings (SSSR count). The lowest BCUT2D eigenvalue weighted by Crippen LogP contribution is -2.43. The summed E-state index contributed by atoms with van der Waals surface area (Å²) in [7, 11) is 1.56. The molecule has 2 amide bonds. The summed E-state index contributed by atoms with van der Waals surface area (Å²) in [6.07, 6.45) is 1.12. The molecule has 1 fully saturated rings. The zero-order chi connectivity index (χ0) is 13.1. The van der Waals surface area contributed by atoms with E-state index in [-0.39, 0.29) is 17.7 Å². The normalized spacial score (nSPS) is 20.3. The zero-order valence-electron chi connectivity index (χ0n) is 10.1. The molecule has 1 aliphatic heterocycles. The Labute approximate surface area is 115 Å². The van der Waals surface area contributed by atoms with Gasteiger partial charge in [-0.3, -0.25) is 14.5 Å². The van der Waals surface area contributed by atoms with E-state index >= 15 is 0 Å². The summed E-state index contributed by atoms with van der Waals surface area (Å²) in [5.41, 5.74) is 0. The van der Waals surface area contributed by atoms with E-state index in [0.717, 1.165) is 4.90 Å². The summed E-state index contributed by atoms with van der Waals surface area (Å²) in [5.74, 6) is 0.506. The molecule has 1 unspecified atom stereocenters. The second-order valence-corrected chi connectivity index (χ2v) is 5.82. The number of thioether (sulfide) groups is 1. The summed E-state index contributed by atoms with van der Waals surface area (Å²) in [6, 6.07) is 7.55. The maximum Gasteiger partial charge on any atom is 0.232 e. The minimum Gasteiger partial charge on any atom is -0.286 e.